The van der Waals surface area contributed by atoms with Crippen molar-refractivity contribution in [3.8, 4) is 0 Å². The quantitative estimate of drug-likeness (QED) is 0.690. The van der Waals surface area contributed by atoms with E-state index in [1.165, 1.54) is 29.7 Å². The molecule has 2 rings (SSSR count). The van der Waals surface area contributed by atoms with E-state index in [1.807, 2.05) is 0 Å². The third-order valence-electron chi connectivity index (χ3n) is 2.40. The van der Waals surface area contributed by atoms with Crippen molar-refractivity contribution in [1.29, 1.82) is 0 Å². The molecule has 1 nitrogen and oxygen atoms in total. The van der Waals surface area contributed by atoms with Crippen molar-refractivity contribution in [1.82, 2.24) is 5.32 Å². The average molecular weight is 173 g/mol. The van der Waals surface area contributed by atoms with E-state index in [1.54, 1.807) is 0 Å². The second kappa shape index (κ2) is 3.65. The molecule has 0 amide bonds. The van der Waals surface area contributed by atoms with Crippen molar-refractivity contribution in [2.75, 3.05) is 6.54 Å². The molecule has 0 aliphatic heterocycles. The molecule has 0 aromatic heterocycles. The molecule has 0 unspecified atom stereocenters. The summed E-state index contributed by atoms with van der Waals surface area (Å²) in [6, 6.07) is 8.50. The van der Waals surface area contributed by atoms with E-state index < -0.39 is 0 Å². The molecule has 0 spiro atoms. The summed E-state index contributed by atoms with van der Waals surface area (Å²) in [6.07, 6.45) is 4.71. The van der Waals surface area contributed by atoms with Gasteiger partial charge in [-0.05, 0) is 18.1 Å². The first-order valence-corrected chi connectivity index (χ1v) is 4.97. The Morgan fingerprint density at radius 3 is 2.85 bits per heavy atom. The van der Waals surface area contributed by atoms with Gasteiger partial charge in [-0.25, -0.2) is 0 Å². The highest BCUT2D eigenvalue weighted by Gasteiger charge is 2.13. The summed E-state index contributed by atoms with van der Waals surface area (Å²) < 4.78 is 0. The lowest BCUT2D eigenvalue weighted by molar-refractivity contribution is 0.744. The van der Waals surface area contributed by atoms with Crippen LogP contribution in [0.3, 0.4) is 0 Å². The van der Waals surface area contributed by atoms with Gasteiger partial charge in [-0.3, -0.25) is 0 Å². The van der Waals surface area contributed by atoms with Crippen LogP contribution in [0.1, 0.15) is 30.9 Å². The Kier molecular flexibility index (Phi) is 2.35. The molecule has 0 heterocycles. The Morgan fingerprint density at radius 2 is 2.08 bits per heavy atom. The predicted octanol–water partition coefficient (Wildman–Crippen LogP) is 2.89. The molecule has 1 aliphatic carbocycles. The fourth-order valence-corrected chi connectivity index (χ4v) is 1.57. The summed E-state index contributed by atoms with van der Waals surface area (Å²) in [5, 5.41) is 3.44. The van der Waals surface area contributed by atoms with E-state index in [4.69, 9.17) is 0 Å². The van der Waals surface area contributed by atoms with Crippen LogP contribution in [0.2, 0.25) is 0 Å². The fourth-order valence-electron chi connectivity index (χ4n) is 1.57. The monoisotopic (exact) mass is 173 g/mol. The van der Waals surface area contributed by atoms with Crippen molar-refractivity contribution in [2.45, 2.75) is 19.8 Å². The number of fused-ring (bicyclic) bond motifs is 1. The molecule has 1 heteroatoms. The third kappa shape index (κ3) is 1.59. The first-order valence-electron chi connectivity index (χ1n) is 4.97. The van der Waals surface area contributed by atoms with Crippen molar-refractivity contribution < 1.29 is 0 Å². The largest absolute Gasteiger partial charge is 0.385 e. The van der Waals surface area contributed by atoms with Crippen molar-refractivity contribution >= 4 is 11.8 Å². The van der Waals surface area contributed by atoms with Gasteiger partial charge in [-0.1, -0.05) is 37.6 Å². The highest BCUT2D eigenvalue weighted by Crippen LogP contribution is 2.29. The van der Waals surface area contributed by atoms with E-state index in [2.05, 4.69) is 42.6 Å². The Hall–Kier alpha value is -1.24. The molecule has 1 aromatic carbocycles. The van der Waals surface area contributed by atoms with Crippen LogP contribution in [0.25, 0.3) is 11.8 Å². The molecule has 0 atom stereocenters. The molecule has 0 fully saturated rings. The molecule has 13 heavy (non-hydrogen) atoms. The topological polar surface area (TPSA) is 12.0 Å². The van der Waals surface area contributed by atoms with Gasteiger partial charge in [-0.2, -0.15) is 0 Å². The number of unbranched alkanes of at least 4 members (excludes halogenated alkanes) is 1. The molecule has 0 saturated carbocycles. The molecular formula is C12H15N. The first-order chi connectivity index (χ1) is 6.42. The average Bonchev–Trinajstić information content (AvgIpc) is 2.13. The van der Waals surface area contributed by atoms with Crippen LogP contribution in [0.5, 0.6) is 0 Å². The van der Waals surface area contributed by atoms with Gasteiger partial charge in [0.2, 0.25) is 0 Å². The summed E-state index contributed by atoms with van der Waals surface area (Å²) in [5.74, 6) is 0. The normalized spacial score (nSPS) is 12.8. The summed E-state index contributed by atoms with van der Waals surface area (Å²) >= 11 is 0. The van der Waals surface area contributed by atoms with Gasteiger partial charge < -0.3 is 5.32 Å². The molecule has 0 bridgehead atoms. The van der Waals surface area contributed by atoms with Crippen LogP contribution in [-0.4, -0.2) is 6.54 Å². The van der Waals surface area contributed by atoms with Gasteiger partial charge >= 0.3 is 0 Å². The van der Waals surface area contributed by atoms with Crippen molar-refractivity contribution in [3.63, 3.8) is 0 Å². The zero-order chi connectivity index (χ0) is 9.10. The number of rotatable bonds is 4. The van der Waals surface area contributed by atoms with E-state index in [0.717, 1.165) is 6.54 Å². The van der Waals surface area contributed by atoms with E-state index in [-0.39, 0.29) is 0 Å². The smallest absolute Gasteiger partial charge is 0.0426 e. The zero-order valence-electron chi connectivity index (χ0n) is 8.01. The maximum atomic E-state index is 3.44. The minimum atomic E-state index is 1.09. The van der Waals surface area contributed by atoms with Crippen LogP contribution in [0.15, 0.2) is 24.3 Å². The van der Waals surface area contributed by atoms with Crippen molar-refractivity contribution in [2.24, 2.45) is 0 Å². The summed E-state index contributed by atoms with van der Waals surface area (Å²) in [6.45, 7) is 3.31. The van der Waals surface area contributed by atoms with Gasteiger partial charge in [-0.15, -0.1) is 0 Å². The van der Waals surface area contributed by atoms with Crippen LogP contribution in [0.4, 0.5) is 0 Å². The Morgan fingerprint density at radius 1 is 1.23 bits per heavy atom. The molecule has 1 aromatic rings. The number of hydrogen-bond donors (Lipinski definition) is 1. The molecule has 68 valence electrons. The molecule has 1 N–H and O–H groups in total. The zero-order valence-corrected chi connectivity index (χ0v) is 8.01. The molecular weight excluding hydrogens is 158 g/mol. The van der Waals surface area contributed by atoms with Gasteiger partial charge in [0, 0.05) is 17.8 Å². The lowest BCUT2D eigenvalue weighted by atomic mass is 9.94. The van der Waals surface area contributed by atoms with Gasteiger partial charge in [0.25, 0.3) is 0 Å². The number of nitrogens with one attached hydrogen (secondary N) is 1. The maximum absolute atomic E-state index is 3.44. The fraction of sp³-hybridized carbons (Fsp3) is 0.333. The maximum Gasteiger partial charge on any atom is 0.0426 e. The van der Waals surface area contributed by atoms with Crippen LogP contribution in [-0.2, 0) is 0 Å². The van der Waals surface area contributed by atoms with E-state index in [9.17, 15) is 0 Å². The Labute approximate surface area is 79.5 Å². The lowest BCUT2D eigenvalue weighted by Crippen LogP contribution is -2.18. The van der Waals surface area contributed by atoms with Gasteiger partial charge in [0.15, 0.2) is 0 Å². The second-order valence-corrected chi connectivity index (χ2v) is 3.43. The molecule has 0 saturated heterocycles. The standard InChI is InChI=1S/C12H15N/c1-2-3-8-13-12-9-10-6-4-5-7-11(10)12/h4-7,9,13H,2-3,8H2,1H3. The second-order valence-electron chi connectivity index (χ2n) is 3.43. The highest BCUT2D eigenvalue weighted by molar-refractivity contribution is 5.94. The van der Waals surface area contributed by atoms with Crippen molar-refractivity contribution in [3.05, 3.63) is 35.4 Å². The molecule has 1 aliphatic rings. The van der Waals surface area contributed by atoms with Crippen LogP contribution < -0.4 is 5.32 Å². The van der Waals surface area contributed by atoms with Crippen LogP contribution in [0, 0.1) is 0 Å². The highest BCUT2D eigenvalue weighted by atomic mass is 14.9. The van der Waals surface area contributed by atoms with Gasteiger partial charge in [0.05, 0.1) is 0 Å². The van der Waals surface area contributed by atoms with E-state index in [0.29, 0.717) is 0 Å². The summed E-state index contributed by atoms with van der Waals surface area (Å²) in [7, 11) is 0. The summed E-state index contributed by atoms with van der Waals surface area (Å²) in [4.78, 5) is 0. The number of hydrogen-bond acceptors (Lipinski definition) is 1. The predicted molar refractivity (Wildman–Crippen MR) is 57.2 cm³/mol. The Bertz CT molecular complexity index is 326. The minimum absolute atomic E-state index is 1.09. The van der Waals surface area contributed by atoms with Crippen LogP contribution >= 0.6 is 0 Å². The van der Waals surface area contributed by atoms with E-state index >= 15 is 0 Å². The third-order valence-corrected chi connectivity index (χ3v) is 2.40. The Balaban J connectivity index is 1.92. The minimum Gasteiger partial charge on any atom is -0.385 e. The first kappa shape index (κ1) is 8.36. The summed E-state index contributed by atoms with van der Waals surface area (Å²) in [5.41, 5.74) is 4.05. The van der Waals surface area contributed by atoms with Gasteiger partial charge in [0.1, 0.15) is 0 Å². The number of benzene rings is 1. The SMILES string of the molecule is CCCCNC1=Cc2ccccc21. The lowest BCUT2D eigenvalue weighted by Gasteiger charge is -2.21. The molecule has 0 radical (unpaired) electrons.